The summed E-state index contributed by atoms with van der Waals surface area (Å²) in [6, 6.07) is 6.27. The normalized spacial score (nSPS) is 10.5. The molecular formula is C7H9NaO3S. The summed E-state index contributed by atoms with van der Waals surface area (Å²) >= 11 is 0. The van der Waals surface area contributed by atoms with Crippen molar-refractivity contribution in [1.82, 2.24) is 0 Å². The van der Waals surface area contributed by atoms with Crippen molar-refractivity contribution in [3.05, 3.63) is 29.8 Å². The van der Waals surface area contributed by atoms with E-state index in [-0.39, 0.29) is 34.5 Å². The van der Waals surface area contributed by atoms with E-state index in [2.05, 4.69) is 0 Å². The van der Waals surface area contributed by atoms with E-state index in [4.69, 9.17) is 4.55 Å². The molecule has 5 heteroatoms. The van der Waals surface area contributed by atoms with Crippen LogP contribution < -0.4 is 0 Å². The second-order valence-corrected chi connectivity index (χ2v) is 3.63. The van der Waals surface area contributed by atoms with Gasteiger partial charge in [0.05, 0.1) is 4.90 Å². The van der Waals surface area contributed by atoms with Crippen molar-refractivity contribution < 1.29 is 13.0 Å². The molecule has 0 heterocycles. The zero-order valence-electron chi connectivity index (χ0n) is 5.98. The van der Waals surface area contributed by atoms with Crippen molar-refractivity contribution in [3.63, 3.8) is 0 Å². The van der Waals surface area contributed by atoms with Crippen LogP contribution in [0.15, 0.2) is 29.2 Å². The van der Waals surface area contributed by atoms with Crippen molar-refractivity contribution in [3.8, 4) is 0 Å². The maximum atomic E-state index is 10.6. The summed E-state index contributed by atoms with van der Waals surface area (Å²) in [5.74, 6) is 0. The summed E-state index contributed by atoms with van der Waals surface area (Å²) in [7, 11) is -4.03. The van der Waals surface area contributed by atoms with E-state index in [1.165, 1.54) is 6.07 Å². The molecule has 3 nitrogen and oxygen atoms in total. The van der Waals surface area contributed by atoms with E-state index in [0.717, 1.165) is 0 Å². The van der Waals surface area contributed by atoms with Crippen LogP contribution in [0, 0.1) is 6.92 Å². The van der Waals surface area contributed by atoms with Crippen LogP contribution in [0.3, 0.4) is 0 Å². The molecule has 12 heavy (non-hydrogen) atoms. The molecule has 0 saturated heterocycles. The molecule has 1 N–H and O–H groups in total. The molecule has 0 radical (unpaired) electrons. The Hall–Kier alpha value is 0.130. The monoisotopic (exact) mass is 196 g/mol. The van der Waals surface area contributed by atoms with Gasteiger partial charge in [-0.2, -0.15) is 8.42 Å². The van der Waals surface area contributed by atoms with Gasteiger partial charge in [-0.25, -0.2) is 0 Å². The van der Waals surface area contributed by atoms with Gasteiger partial charge in [0.15, 0.2) is 0 Å². The number of benzene rings is 1. The molecule has 62 valence electrons. The SMILES string of the molecule is Cc1ccccc1S(=O)(=O)O.[NaH]. The average molecular weight is 196 g/mol. The van der Waals surface area contributed by atoms with Crippen LogP contribution in [0.25, 0.3) is 0 Å². The number of aryl methyl sites for hydroxylation is 1. The first-order valence-electron chi connectivity index (χ1n) is 3.05. The fourth-order valence-corrected chi connectivity index (χ4v) is 1.57. The van der Waals surface area contributed by atoms with Gasteiger partial charge in [-0.05, 0) is 18.6 Å². The van der Waals surface area contributed by atoms with Crippen LogP contribution in [0.2, 0.25) is 0 Å². The molecule has 0 atom stereocenters. The van der Waals surface area contributed by atoms with Gasteiger partial charge >= 0.3 is 29.6 Å². The zero-order valence-corrected chi connectivity index (χ0v) is 6.80. The molecule has 1 aromatic rings. The molecule has 0 spiro atoms. The van der Waals surface area contributed by atoms with E-state index in [1.54, 1.807) is 25.1 Å². The van der Waals surface area contributed by atoms with Crippen molar-refractivity contribution in [2.45, 2.75) is 11.8 Å². The van der Waals surface area contributed by atoms with E-state index >= 15 is 0 Å². The summed E-state index contributed by atoms with van der Waals surface area (Å²) in [6.45, 7) is 1.63. The molecule has 0 unspecified atom stereocenters. The Labute approximate surface area is 93.8 Å². The first kappa shape index (κ1) is 12.1. The maximum absolute atomic E-state index is 10.6. The topological polar surface area (TPSA) is 54.4 Å². The quantitative estimate of drug-likeness (QED) is 0.528. The van der Waals surface area contributed by atoms with Crippen LogP contribution in [-0.4, -0.2) is 42.5 Å². The molecule has 0 aromatic heterocycles. The summed E-state index contributed by atoms with van der Waals surface area (Å²) in [5.41, 5.74) is 0.551. The second kappa shape index (κ2) is 4.39. The van der Waals surface area contributed by atoms with Crippen molar-refractivity contribution in [2.24, 2.45) is 0 Å². The predicted molar refractivity (Wildman–Crippen MR) is 48.1 cm³/mol. The van der Waals surface area contributed by atoms with Crippen molar-refractivity contribution in [2.75, 3.05) is 0 Å². The molecule has 1 aromatic carbocycles. The summed E-state index contributed by atoms with van der Waals surface area (Å²) in [5, 5.41) is 0. The van der Waals surface area contributed by atoms with Gasteiger partial charge in [-0.1, -0.05) is 18.2 Å². The average Bonchev–Trinajstić information content (AvgIpc) is 1.86. The predicted octanol–water partition coefficient (Wildman–Crippen LogP) is 0.593. The second-order valence-electron chi connectivity index (χ2n) is 2.24. The molecule has 0 aliphatic heterocycles. The van der Waals surface area contributed by atoms with Crippen molar-refractivity contribution >= 4 is 39.7 Å². The fourth-order valence-electron chi connectivity index (χ4n) is 0.846. The minimum absolute atomic E-state index is 0. The van der Waals surface area contributed by atoms with Gasteiger partial charge in [0.2, 0.25) is 0 Å². The third-order valence-corrected chi connectivity index (χ3v) is 2.39. The van der Waals surface area contributed by atoms with Crippen LogP contribution in [0.4, 0.5) is 0 Å². The Morgan fingerprint density at radius 1 is 1.25 bits per heavy atom. The van der Waals surface area contributed by atoms with Gasteiger partial charge in [0, 0.05) is 0 Å². The summed E-state index contributed by atoms with van der Waals surface area (Å²) in [4.78, 5) is -0.0278. The third-order valence-electron chi connectivity index (χ3n) is 1.37. The van der Waals surface area contributed by atoms with Gasteiger partial charge in [-0.3, -0.25) is 4.55 Å². The Bertz CT molecular complexity index is 359. The standard InChI is InChI=1S/C7H8O3S.Na.H/c1-6-4-2-3-5-7(6)11(8,9)10;;/h2-5H,1H3,(H,8,9,10);;. The van der Waals surface area contributed by atoms with Crippen molar-refractivity contribution in [1.29, 1.82) is 0 Å². The Kier molecular flexibility index (Phi) is 4.44. The Morgan fingerprint density at radius 2 is 1.75 bits per heavy atom. The van der Waals surface area contributed by atoms with E-state index < -0.39 is 10.1 Å². The van der Waals surface area contributed by atoms with E-state index in [9.17, 15) is 8.42 Å². The van der Waals surface area contributed by atoms with Gasteiger partial charge in [0.1, 0.15) is 0 Å². The summed E-state index contributed by atoms with van der Waals surface area (Å²) in [6.07, 6.45) is 0. The van der Waals surface area contributed by atoms with Crippen LogP contribution in [0.5, 0.6) is 0 Å². The van der Waals surface area contributed by atoms with Crippen LogP contribution in [0.1, 0.15) is 5.56 Å². The summed E-state index contributed by atoms with van der Waals surface area (Å²) < 4.78 is 29.9. The van der Waals surface area contributed by atoms with Crippen LogP contribution >= 0.6 is 0 Å². The van der Waals surface area contributed by atoms with Gasteiger partial charge < -0.3 is 0 Å². The number of hydrogen-bond donors (Lipinski definition) is 1. The zero-order chi connectivity index (χ0) is 8.48. The molecule has 0 fully saturated rings. The molecule has 0 amide bonds. The minimum atomic E-state index is -4.03. The Balaban J connectivity index is 0.00000121. The molecule has 0 aliphatic carbocycles. The molecule has 0 saturated carbocycles. The van der Waals surface area contributed by atoms with E-state index in [0.29, 0.717) is 5.56 Å². The number of rotatable bonds is 1. The third kappa shape index (κ3) is 2.88. The molecule has 0 bridgehead atoms. The fraction of sp³-hybridized carbons (Fsp3) is 0.143. The molecular weight excluding hydrogens is 187 g/mol. The first-order chi connectivity index (χ1) is 5.02. The first-order valence-corrected chi connectivity index (χ1v) is 4.49. The molecule has 0 aliphatic rings. The Morgan fingerprint density at radius 3 is 2.08 bits per heavy atom. The number of hydrogen-bond acceptors (Lipinski definition) is 2. The van der Waals surface area contributed by atoms with Gasteiger partial charge in [-0.15, -0.1) is 0 Å². The van der Waals surface area contributed by atoms with Crippen LogP contribution in [-0.2, 0) is 10.1 Å². The van der Waals surface area contributed by atoms with E-state index in [1.807, 2.05) is 0 Å². The molecule has 1 rings (SSSR count). The van der Waals surface area contributed by atoms with Gasteiger partial charge in [0.25, 0.3) is 10.1 Å².